The van der Waals surface area contributed by atoms with Crippen LogP contribution in [-0.2, 0) is 10.7 Å². The number of carbonyl (C=O) groups excluding carboxylic acids is 1. The fraction of sp³-hybridized carbons (Fsp3) is 0. The number of thiol groups is 1. The lowest BCUT2D eigenvalue weighted by molar-refractivity contribution is 0.102. The highest BCUT2D eigenvalue weighted by Gasteiger charge is 2.14. The number of hydrogen-bond donors (Lipinski definition) is 2. The van der Waals surface area contributed by atoms with Crippen LogP contribution in [0.15, 0.2) is 35.2 Å². The highest BCUT2D eigenvalue weighted by Crippen LogP contribution is 2.21. The molecule has 0 radical (unpaired) electrons. The van der Waals surface area contributed by atoms with Crippen LogP contribution in [0, 0.1) is 17.5 Å². The van der Waals surface area contributed by atoms with E-state index in [1.54, 1.807) is 0 Å². The summed E-state index contributed by atoms with van der Waals surface area (Å²) in [6.45, 7) is 0. The van der Waals surface area contributed by atoms with Crippen molar-refractivity contribution in [2.45, 2.75) is 4.90 Å². The smallest absolute Gasteiger partial charge is 0.255 e. The Morgan fingerprint density at radius 2 is 1.64 bits per heavy atom. The Kier molecular flexibility index (Phi) is 4.72. The number of benzene rings is 2. The first-order valence-electron chi connectivity index (χ1n) is 5.69. The molecule has 0 saturated carbocycles. The first-order valence-corrected chi connectivity index (χ1v) is 7.25. The van der Waals surface area contributed by atoms with E-state index in [0.29, 0.717) is 12.1 Å². The third kappa shape index (κ3) is 3.40. The Bertz CT molecular complexity index is 808. The van der Waals surface area contributed by atoms with Gasteiger partial charge in [-0.2, -0.15) is 0 Å². The molecule has 9 heteroatoms. The maximum atomic E-state index is 13.1. The molecule has 2 rings (SSSR count). The minimum Gasteiger partial charge on any atom is -0.322 e. The van der Waals surface area contributed by atoms with Gasteiger partial charge in [0.05, 0.1) is 9.92 Å². The topological polar surface area (TPSA) is 63.2 Å². The predicted octanol–water partition coefficient (Wildman–Crippen LogP) is 2.98. The zero-order valence-corrected chi connectivity index (χ0v) is 12.2. The maximum Gasteiger partial charge on any atom is 0.255 e. The van der Waals surface area contributed by atoms with Gasteiger partial charge < -0.3 is 5.32 Å². The molecule has 0 aliphatic rings. The summed E-state index contributed by atoms with van der Waals surface area (Å²) in [6.07, 6.45) is 0. The molecule has 1 N–H and O–H groups in total. The van der Waals surface area contributed by atoms with Crippen LogP contribution in [0.1, 0.15) is 10.4 Å². The molecule has 0 spiro atoms. The summed E-state index contributed by atoms with van der Waals surface area (Å²) in [7, 11) is -3.01. The van der Waals surface area contributed by atoms with Crippen molar-refractivity contribution in [2.75, 3.05) is 5.32 Å². The Morgan fingerprint density at radius 1 is 1.05 bits per heavy atom. The number of amides is 1. The molecule has 4 nitrogen and oxygen atoms in total. The Hall–Kier alpha value is -2.06. The average molecular weight is 350 g/mol. The Labute approximate surface area is 129 Å². The van der Waals surface area contributed by atoms with Crippen molar-refractivity contribution in [1.82, 2.24) is 0 Å². The van der Waals surface area contributed by atoms with E-state index in [1.807, 2.05) is 0 Å². The first kappa shape index (κ1) is 16.3. The van der Waals surface area contributed by atoms with E-state index in [0.717, 1.165) is 6.07 Å². The minimum atomic E-state index is -3.01. The van der Waals surface area contributed by atoms with Gasteiger partial charge in [0.15, 0.2) is 28.2 Å². The van der Waals surface area contributed by atoms with Crippen LogP contribution >= 0.6 is 11.6 Å². The lowest BCUT2D eigenvalue weighted by Gasteiger charge is -2.07. The second kappa shape index (κ2) is 6.37. The SMILES string of the molecule is O=C(Nc1cc(F)c(F)c(F)c1)c1ccc(Cl)c([SH](=O)=O)c1. The Morgan fingerprint density at radius 3 is 2.18 bits per heavy atom. The van der Waals surface area contributed by atoms with E-state index in [1.165, 1.54) is 12.1 Å². The highest BCUT2D eigenvalue weighted by molar-refractivity contribution is 7.72. The quantitative estimate of drug-likeness (QED) is 0.661. The molecule has 2 aromatic carbocycles. The number of rotatable bonds is 3. The number of nitrogens with one attached hydrogen (secondary N) is 1. The monoisotopic (exact) mass is 349 g/mol. The van der Waals surface area contributed by atoms with Crippen LogP contribution in [0.5, 0.6) is 0 Å². The van der Waals surface area contributed by atoms with E-state index >= 15 is 0 Å². The zero-order valence-electron chi connectivity index (χ0n) is 10.6. The van der Waals surface area contributed by atoms with Gasteiger partial charge in [0.25, 0.3) is 5.91 Å². The molecule has 1 amide bonds. The van der Waals surface area contributed by atoms with E-state index < -0.39 is 34.1 Å². The van der Waals surface area contributed by atoms with E-state index in [2.05, 4.69) is 5.32 Å². The van der Waals surface area contributed by atoms with Crippen molar-refractivity contribution < 1.29 is 26.4 Å². The molecule has 0 aliphatic heterocycles. The first-order chi connectivity index (χ1) is 10.3. The van der Waals surface area contributed by atoms with Crippen LogP contribution in [0.25, 0.3) is 0 Å². The molecule has 2 aromatic rings. The van der Waals surface area contributed by atoms with Gasteiger partial charge in [0, 0.05) is 23.4 Å². The van der Waals surface area contributed by atoms with Gasteiger partial charge in [-0.25, -0.2) is 21.6 Å². The largest absolute Gasteiger partial charge is 0.322 e. The van der Waals surface area contributed by atoms with Gasteiger partial charge in [-0.15, -0.1) is 0 Å². The highest BCUT2D eigenvalue weighted by atomic mass is 35.5. The van der Waals surface area contributed by atoms with Gasteiger partial charge in [-0.1, -0.05) is 11.6 Å². The Balaban J connectivity index is 2.32. The summed E-state index contributed by atoms with van der Waals surface area (Å²) >= 11 is 5.66. The lowest BCUT2D eigenvalue weighted by Crippen LogP contribution is -2.13. The van der Waals surface area contributed by atoms with Gasteiger partial charge in [-0.3, -0.25) is 4.79 Å². The lowest BCUT2D eigenvalue weighted by atomic mass is 10.2. The number of carbonyl (C=O) groups is 1. The summed E-state index contributed by atoms with van der Waals surface area (Å²) in [5, 5.41) is 2.06. The molecular weight excluding hydrogens is 343 g/mol. The predicted molar refractivity (Wildman–Crippen MR) is 74.3 cm³/mol. The summed E-state index contributed by atoms with van der Waals surface area (Å²) < 4.78 is 60.8. The van der Waals surface area contributed by atoms with Crippen molar-refractivity contribution in [3.05, 3.63) is 58.4 Å². The van der Waals surface area contributed by atoms with Crippen molar-refractivity contribution in [3.8, 4) is 0 Å². The van der Waals surface area contributed by atoms with Gasteiger partial charge in [0.2, 0.25) is 0 Å². The van der Waals surface area contributed by atoms with Crippen LogP contribution in [0.3, 0.4) is 0 Å². The molecule has 22 heavy (non-hydrogen) atoms. The second-order valence-electron chi connectivity index (χ2n) is 4.13. The average Bonchev–Trinajstić information content (AvgIpc) is 2.44. The summed E-state index contributed by atoms with van der Waals surface area (Å²) in [5.74, 6) is -5.42. The van der Waals surface area contributed by atoms with Crippen molar-refractivity contribution in [3.63, 3.8) is 0 Å². The minimum absolute atomic E-state index is 0.0634. The van der Waals surface area contributed by atoms with E-state index in [4.69, 9.17) is 11.6 Å². The third-order valence-electron chi connectivity index (χ3n) is 2.65. The van der Waals surface area contributed by atoms with E-state index in [-0.39, 0.29) is 21.2 Å². The molecule has 0 unspecified atom stereocenters. The van der Waals surface area contributed by atoms with Crippen LogP contribution in [0.4, 0.5) is 18.9 Å². The third-order valence-corrected chi connectivity index (χ3v) is 3.87. The summed E-state index contributed by atoms with van der Waals surface area (Å²) in [4.78, 5) is 11.7. The van der Waals surface area contributed by atoms with Gasteiger partial charge in [-0.05, 0) is 18.2 Å². The number of halogens is 4. The molecule has 0 atom stereocenters. The molecule has 0 fully saturated rings. The van der Waals surface area contributed by atoms with E-state index in [9.17, 15) is 26.4 Å². The van der Waals surface area contributed by atoms with Crippen molar-refractivity contribution in [1.29, 1.82) is 0 Å². The number of hydrogen-bond acceptors (Lipinski definition) is 3. The molecule has 0 bridgehead atoms. The molecule has 116 valence electrons. The normalized spacial score (nSPS) is 10.8. The van der Waals surface area contributed by atoms with Crippen molar-refractivity contribution in [2.24, 2.45) is 0 Å². The van der Waals surface area contributed by atoms with Crippen LogP contribution in [-0.4, -0.2) is 14.3 Å². The molecule has 0 heterocycles. The maximum absolute atomic E-state index is 13.1. The van der Waals surface area contributed by atoms with Gasteiger partial charge in [0.1, 0.15) is 0 Å². The van der Waals surface area contributed by atoms with Crippen molar-refractivity contribution >= 4 is 33.9 Å². The zero-order chi connectivity index (χ0) is 16.4. The molecule has 0 saturated heterocycles. The van der Waals surface area contributed by atoms with Crippen LogP contribution in [0.2, 0.25) is 5.02 Å². The number of anilines is 1. The fourth-order valence-corrected chi connectivity index (χ4v) is 2.44. The fourth-order valence-electron chi connectivity index (χ4n) is 1.62. The standard InChI is InChI=1S/C13H7ClF3NO3S/c14-8-2-1-6(3-11(8)22(20)21)13(19)18-7-4-9(15)12(17)10(16)5-7/h1-5,22H,(H,18,19). The molecular formula is C13H7ClF3NO3S. The van der Waals surface area contributed by atoms with Gasteiger partial charge >= 0.3 is 0 Å². The summed E-state index contributed by atoms with van der Waals surface area (Å²) in [5.41, 5.74) is -0.409. The molecule has 0 aliphatic carbocycles. The second-order valence-corrected chi connectivity index (χ2v) is 5.53. The van der Waals surface area contributed by atoms with Crippen LogP contribution < -0.4 is 5.32 Å². The summed E-state index contributed by atoms with van der Waals surface area (Å²) in [6, 6.07) is 4.64. The molecule has 0 aromatic heterocycles.